The van der Waals surface area contributed by atoms with Crippen LogP contribution >= 0.6 is 0 Å². The predicted octanol–water partition coefficient (Wildman–Crippen LogP) is 0.734. The summed E-state index contributed by atoms with van der Waals surface area (Å²) in [5.41, 5.74) is 0.403. The molecule has 0 amide bonds. The van der Waals surface area contributed by atoms with Crippen LogP contribution in [0.25, 0.3) is 0 Å². The van der Waals surface area contributed by atoms with Gasteiger partial charge in [-0.05, 0) is 25.3 Å². The highest BCUT2D eigenvalue weighted by Crippen LogP contribution is 2.36. The van der Waals surface area contributed by atoms with Crippen LogP contribution in [0, 0.1) is 5.41 Å². The molecule has 0 spiro atoms. The molecule has 20 heavy (non-hydrogen) atoms. The highest BCUT2D eigenvalue weighted by atomic mass is 32.2. The normalized spacial score (nSPS) is 25.7. The Balaban J connectivity index is 1.89. The molecule has 2 fully saturated rings. The molecule has 1 N–H and O–H groups in total. The highest BCUT2D eigenvalue weighted by molar-refractivity contribution is 7.88. The lowest BCUT2D eigenvalue weighted by molar-refractivity contribution is 0.0823. The summed E-state index contributed by atoms with van der Waals surface area (Å²) in [5.74, 6) is 0. The minimum Gasteiger partial charge on any atom is -0.319 e. The van der Waals surface area contributed by atoms with E-state index in [2.05, 4.69) is 10.2 Å². The quantitative estimate of drug-likeness (QED) is 0.814. The third-order valence-corrected chi connectivity index (χ3v) is 6.13. The van der Waals surface area contributed by atoms with E-state index in [1.54, 1.807) is 4.31 Å². The first-order valence-corrected chi connectivity index (χ1v) is 9.62. The molecule has 0 aromatic rings. The Morgan fingerprint density at radius 1 is 1.05 bits per heavy atom. The number of sulfonamides is 1. The smallest absolute Gasteiger partial charge is 0.211 e. The Morgan fingerprint density at radius 2 is 1.65 bits per heavy atom. The number of nitrogens with zero attached hydrogens (tertiary/aromatic N) is 2. The molecule has 1 aliphatic carbocycles. The van der Waals surface area contributed by atoms with Gasteiger partial charge >= 0.3 is 0 Å². The number of hydrogen-bond acceptors (Lipinski definition) is 4. The summed E-state index contributed by atoms with van der Waals surface area (Å²) in [7, 11) is -0.974. The maximum Gasteiger partial charge on any atom is 0.211 e. The molecule has 118 valence electrons. The van der Waals surface area contributed by atoms with Gasteiger partial charge in [0.15, 0.2) is 0 Å². The van der Waals surface area contributed by atoms with E-state index >= 15 is 0 Å². The van der Waals surface area contributed by atoms with E-state index in [0.29, 0.717) is 18.5 Å². The average molecular weight is 303 g/mol. The maximum absolute atomic E-state index is 11.5. The third-order valence-electron chi connectivity index (χ3n) is 4.83. The lowest BCUT2D eigenvalue weighted by atomic mass is 9.73. The van der Waals surface area contributed by atoms with Gasteiger partial charge in [-0.15, -0.1) is 0 Å². The van der Waals surface area contributed by atoms with Crippen molar-refractivity contribution in [1.29, 1.82) is 0 Å². The Bertz CT molecular complexity index is 391. The summed E-state index contributed by atoms with van der Waals surface area (Å²) in [6, 6.07) is 0. The van der Waals surface area contributed by atoms with Crippen LogP contribution in [0.1, 0.15) is 32.1 Å². The van der Waals surface area contributed by atoms with Crippen LogP contribution in [-0.2, 0) is 10.0 Å². The Labute approximate surface area is 123 Å². The molecule has 1 saturated carbocycles. The molecule has 2 aliphatic rings. The van der Waals surface area contributed by atoms with Gasteiger partial charge in [0.05, 0.1) is 6.26 Å². The van der Waals surface area contributed by atoms with Gasteiger partial charge in [-0.25, -0.2) is 8.42 Å². The van der Waals surface area contributed by atoms with Crippen molar-refractivity contribution in [2.75, 3.05) is 52.6 Å². The second-order valence-corrected chi connectivity index (χ2v) is 8.51. The fourth-order valence-corrected chi connectivity index (χ4v) is 4.59. The number of nitrogens with one attached hydrogen (secondary N) is 1. The van der Waals surface area contributed by atoms with Crippen molar-refractivity contribution in [3.8, 4) is 0 Å². The minimum absolute atomic E-state index is 0.403. The van der Waals surface area contributed by atoms with E-state index in [9.17, 15) is 8.42 Å². The molecule has 0 unspecified atom stereocenters. The first-order valence-electron chi connectivity index (χ1n) is 7.77. The van der Waals surface area contributed by atoms with Crippen LogP contribution in [0.15, 0.2) is 0 Å². The van der Waals surface area contributed by atoms with Crippen LogP contribution < -0.4 is 5.32 Å². The Kier molecular flexibility index (Phi) is 5.45. The van der Waals surface area contributed by atoms with Crippen LogP contribution in [-0.4, -0.2) is 70.2 Å². The van der Waals surface area contributed by atoms with Crippen molar-refractivity contribution in [3.63, 3.8) is 0 Å². The second-order valence-electron chi connectivity index (χ2n) is 6.53. The molecule has 1 aliphatic heterocycles. The van der Waals surface area contributed by atoms with Crippen molar-refractivity contribution in [2.45, 2.75) is 32.1 Å². The molecule has 2 rings (SSSR count). The lowest BCUT2D eigenvalue weighted by Crippen LogP contribution is -2.53. The summed E-state index contributed by atoms with van der Waals surface area (Å²) >= 11 is 0. The summed E-state index contributed by atoms with van der Waals surface area (Å²) in [6.07, 6.45) is 7.97. The summed E-state index contributed by atoms with van der Waals surface area (Å²) in [4.78, 5) is 2.46. The molecule has 6 heteroatoms. The molecule has 5 nitrogen and oxygen atoms in total. The van der Waals surface area contributed by atoms with Crippen LogP contribution in [0.4, 0.5) is 0 Å². The second kappa shape index (κ2) is 6.73. The molecular formula is C14H29N3O2S. The minimum atomic E-state index is -3.01. The van der Waals surface area contributed by atoms with Gasteiger partial charge in [0.1, 0.15) is 0 Å². The molecule has 0 atom stereocenters. The maximum atomic E-state index is 11.5. The van der Waals surface area contributed by atoms with Gasteiger partial charge in [-0.2, -0.15) is 4.31 Å². The van der Waals surface area contributed by atoms with Gasteiger partial charge < -0.3 is 10.2 Å². The zero-order valence-corrected chi connectivity index (χ0v) is 13.7. The van der Waals surface area contributed by atoms with E-state index in [0.717, 1.165) is 26.2 Å². The van der Waals surface area contributed by atoms with Gasteiger partial charge in [-0.3, -0.25) is 0 Å². The van der Waals surface area contributed by atoms with E-state index in [-0.39, 0.29) is 0 Å². The fourth-order valence-electron chi connectivity index (χ4n) is 3.76. The van der Waals surface area contributed by atoms with Crippen molar-refractivity contribution in [2.24, 2.45) is 5.41 Å². The predicted molar refractivity (Wildman–Crippen MR) is 82.3 cm³/mol. The number of rotatable bonds is 5. The third kappa shape index (κ3) is 4.16. The highest BCUT2D eigenvalue weighted by Gasteiger charge is 2.34. The van der Waals surface area contributed by atoms with Crippen LogP contribution in [0.2, 0.25) is 0 Å². The van der Waals surface area contributed by atoms with Gasteiger partial charge in [0.2, 0.25) is 10.0 Å². The molecule has 1 saturated heterocycles. The molecule has 0 aromatic carbocycles. The summed E-state index contributed by atoms with van der Waals surface area (Å²) < 4.78 is 24.7. The van der Waals surface area contributed by atoms with Gasteiger partial charge in [0.25, 0.3) is 0 Å². The fraction of sp³-hybridized carbons (Fsp3) is 1.00. The first kappa shape index (κ1) is 16.2. The Morgan fingerprint density at radius 3 is 2.15 bits per heavy atom. The molecule has 0 radical (unpaired) electrons. The molecule has 0 bridgehead atoms. The summed E-state index contributed by atoms with van der Waals surface area (Å²) in [6.45, 7) is 5.24. The molecule has 1 heterocycles. The van der Waals surface area contributed by atoms with Crippen molar-refractivity contribution < 1.29 is 8.42 Å². The van der Waals surface area contributed by atoms with E-state index in [1.807, 2.05) is 7.05 Å². The van der Waals surface area contributed by atoms with Crippen molar-refractivity contribution in [1.82, 2.24) is 14.5 Å². The monoisotopic (exact) mass is 303 g/mol. The first-order chi connectivity index (χ1) is 9.45. The zero-order chi connectivity index (χ0) is 14.6. The number of hydrogen-bond donors (Lipinski definition) is 1. The largest absolute Gasteiger partial charge is 0.319 e. The van der Waals surface area contributed by atoms with E-state index in [1.165, 1.54) is 38.4 Å². The SMILES string of the molecule is CNCC1(CN2CCN(S(C)(=O)=O)CC2)CCCCC1. The Hall–Kier alpha value is -0.170. The molecular weight excluding hydrogens is 274 g/mol. The van der Waals surface area contributed by atoms with Crippen molar-refractivity contribution >= 4 is 10.0 Å². The lowest BCUT2D eigenvalue weighted by Gasteiger charge is -2.43. The van der Waals surface area contributed by atoms with Crippen LogP contribution in [0.5, 0.6) is 0 Å². The average Bonchev–Trinajstić information content (AvgIpc) is 2.39. The van der Waals surface area contributed by atoms with Gasteiger partial charge in [-0.1, -0.05) is 19.3 Å². The zero-order valence-electron chi connectivity index (χ0n) is 12.9. The van der Waals surface area contributed by atoms with Crippen molar-refractivity contribution in [3.05, 3.63) is 0 Å². The summed E-state index contributed by atoms with van der Waals surface area (Å²) in [5, 5.41) is 3.37. The van der Waals surface area contributed by atoms with Crippen LogP contribution in [0.3, 0.4) is 0 Å². The topological polar surface area (TPSA) is 52.6 Å². The standard InChI is InChI=1S/C14H29N3O2S/c1-15-12-14(6-4-3-5-7-14)13-16-8-10-17(11-9-16)20(2,18)19/h15H,3-13H2,1-2H3. The van der Waals surface area contributed by atoms with E-state index < -0.39 is 10.0 Å². The van der Waals surface area contributed by atoms with Gasteiger partial charge in [0, 0.05) is 39.3 Å². The number of piperazine rings is 1. The van der Waals surface area contributed by atoms with E-state index in [4.69, 9.17) is 0 Å². The molecule has 0 aromatic heterocycles.